The van der Waals surface area contributed by atoms with Crippen molar-refractivity contribution in [3.63, 3.8) is 0 Å². The molecule has 1 saturated carbocycles. The molecular formula is C20H24N2O2. The van der Waals surface area contributed by atoms with E-state index in [9.17, 15) is 4.79 Å². The number of fused-ring (bicyclic) bond motifs is 1. The molecule has 2 aromatic rings. The number of ether oxygens (including phenoxy) is 1. The number of methoxy groups -OCH3 is 1. The number of allylic oxidation sites excluding steroid dienone is 1. The van der Waals surface area contributed by atoms with Gasteiger partial charge in [-0.2, -0.15) is 0 Å². The highest BCUT2D eigenvalue weighted by Gasteiger charge is 2.23. The number of carbonyl (C=O) groups is 1. The van der Waals surface area contributed by atoms with E-state index in [0.717, 1.165) is 35.2 Å². The first-order chi connectivity index (χ1) is 11.8. The third-order valence-electron chi connectivity index (χ3n) is 5.04. The van der Waals surface area contributed by atoms with E-state index < -0.39 is 0 Å². The molecule has 4 nitrogen and oxygen atoms in total. The second-order valence-corrected chi connectivity index (χ2v) is 6.41. The normalized spacial score (nSPS) is 20.5. The first-order valence-corrected chi connectivity index (χ1v) is 8.55. The van der Waals surface area contributed by atoms with Gasteiger partial charge in [0.15, 0.2) is 6.29 Å². The third-order valence-corrected chi connectivity index (χ3v) is 5.04. The molecule has 3 rings (SSSR count). The van der Waals surface area contributed by atoms with Crippen molar-refractivity contribution >= 4 is 22.9 Å². The number of hydrogen-bond acceptors (Lipinski definition) is 4. The number of benzene rings is 1. The van der Waals surface area contributed by atoms with Gasteiger partial charge in [-0.3, -0.25) is 9.78 Å². The molecular weight excluding hydrogens is 300 g/mol. The topological polar surface area (TPSA) is 51.2 Å². The maximum absolute atomic E-state index is 11.5. The van der Waals surface area contributed by atoms with Crippen molar-refractivity contribution in [3.8, 4) is 5.75 Å². The summed E-state index contributed by atoms with van der Waals surface area (Å²) in [5, 5.41) is 4.44. The minimum Gasteiger partial charge on any atom is -0.497 e. The molecule has 0 bridgehead atoms. The summed E-state index contributed by atoms with van der Waals surface area (Å²) in [7, 11) is 1.64. The molecule has 126 valence electrons. The summed E-state index contributed by atoms with van der Waals surface area (Å²) in [6.07, 6.45) is 9.54. The zero-order valence-corrected chi connectivity index (χ0v) is 14.1. The van der Waals surface area contributed by atoms with Crippen molar-refractivity contribution in [2.45, 2.75) is 25.7 Å². The van der Waals surface area contributed by atoms with E-state index in [-0.39, 0.29) is 0 Å². The highest BCUT2D eigenvalue weighted by Crippen LogP contribution is 2.33. The number of aromatic nitrogens is 1. The average molecular weight is 324 g/mol. The quantitative estimate of drug-likeness (QED) is 0.629. The number of aldehydes is 1. The van der Waals surface area contributed by atoms with Crippen molar-refractivity contribution in [2.24, 2.45) is 11.8 Å². The van der Waals surface area contributed by atoms with Crippen LogP contribution in [-0.2, 0) is 0 Å². The fourth-order valence-corrected chi connectivity index (χ4v) is 3.63. The molecule has 1 N–H and O–H groups in total. The Bertz CT molecular complexity index is 742. The van der Waals surface area contributed by atoms with Gasteiger partial charge in [0.25, 0.3) is 0 Å². The largest absolute Gasteiger partial charge is 0.497 e. The summed E-state index contributed by atoms with van der Waals surface area (Å²) < 4.78 is 5.32. The summed E-state index contributed by atoms with van der Waals surface area (Å²) >= 11 is 0. The van der Waals surface area contributed by atoms with Gasteiger partial charge in [-0.1, -0.05) is 18.9 Å². The molecule has 2 atom stereocenters. The van der Waals surface area contributed by atoms with Crippen LogP contribution in [0.5, 0.6) is 5.75 Å². The zero-order chi connectivity index (χ0) is 16.9. The Hall–Kier alpha value is -2.36. The average Bonchev–Trinajstić information content (AvgIpc) is 2.65. The monoisotopic (exact) mass is 324 g/mol. The molecule has 0 amide bonds. The van der Waals surface area contributed by atoms with Crippen LogP contribution in [0.3, 0.4) is 0 Å². The molecule has 4 heteroatoms. The van der Waals surface area contributed by atoms with Gasteiger partial charge in [0.2, 0.25) is 0 Å². The minimum atomic E-state index is 0.550. The van der Waals surface area contributed by atoms with Crippen molar-refractivity contribution in [3.05, 3.63) is 42.6 Å². The van der Waals surface area contributed by atoms with Gasteiger partial charge in [-0.25, -0.2) is 0 Å². The maximum Gasteiger partial charge on any atom is 0.153 e. The number of nitrogens with zero attached hydrogens (tertiary/aromatic N) is 1. The predicted octanol–water partition coefficient (Wildman–Crippen LogP) is 4.46. The molecule has 24 heavy (non-hydrogen) atoms. The van der Waals surface area contributed by atoms with E-state index in [2.05, 4.69) is 23.0 Å². The summed E-state index contributed by atoms with van der Waals surface area (Å²) in [4.78, 5) is 15.8. The Morgan fingerprint density at radius 2 is 2.21 bits per heavy atom. The van der Waals surface area contributed by atoms with E-state index >= 15 is 0 Å². The summed E-state index contributed by atoms with van der Waals surface area (Å²) in [6, 6.07) is 5.74. The van der Waals surface area contributed by atoms with Gasteiger partial charge in [-0.05, 0) is 42.9 Å². The smallest absolute Gasteiger partial charge is 0.153 e. The minimum absolute atomic E-state index is 0.550. The van der Waals surface area contributed by atoms with Gasteiger partial charge in [0.05, 0.1) is 23.9 Å². The molecule has 1 aromatic carbocycles. The predicted molar refractivity (Wildman–Crippen MR) is 97.8 cm³/mol. The SMILES string of the molecule is C=C[C@@H]1CCCC[C@@H]1CNc1c(C=O)cnc2ccc(OC)cc12. The van der Waals surface area contributed by atoms with Crippen molar-refractivity contribution in [1.82, 2.24) is 4.98 Å². The summed E-state index contributed by atoms with van der Waals surface area (Å²) in [6.45, 7) is 4.83. The van der Waals surface area contributed by atoms with Crippen LogP contribution in [-0.4, -0.2) is 24.9 Å². The van der Waals surface area contributed by atoms with Gasteiger partial charge >= 0.3 is 0 Å². The van der Waals surface area contributed by atoms with E-state index in [0.29, 0.717) is 17.4 Å². The Morgan fingerprint density at radius 1 is 1.38 bits per heavy atom. The molecule has 0 saturated heterocycles. The summed E-state index contributed by atoms with van der Waals surface area (Å²) in [5.41, 5.74) is 2.29. The lowest BCUT2D eigenvalue weighted by Crippen LogP contribution is -2.25. The van der Waals surface area contributed by atoms with Crippen molar-refractivity contribution < 1.29 is 9.53 Å². The van der Waals surface area contributed by atoms with Gasteiger partial charge in [0.1, 0.15) is 5.75 Å². The maximum atomic E-state index is 11.5. The highest BCUT2D eigenvalue weighted by molar-refractivity contribution is 6.00. The van der Waals surface area contributed by atoms with Gasteiger partial charge in [-0.15, -0.1) is 6.58 Å². The summed E-state index contributed by atoms with van der Waals surface area (Å²) in [5.74, 6) is 1.87. The number of rotatable bonds is 6. The standard InChI is InChI=1S/C20H24N2O2/c1-3-14-6-4-5-7-15(14)11-22-20-16(13-23)12-21-19-9-8-17(24-2)10-18(19)20/h3,8-10,12-15H,1,4-7,11H2,2H3,(H,21,22)/t14-,15-/m1/s1. The van der Waals surface area contributed by atoms with Crippen molar-refractivity contribution in [2.75, 3.05) is 19.0 Å². The number of anilines is 1. The van der Waals surface area contributed by atoms with Crippen LogP contribution in [0.1, 0.15) is 36.0 Å². The van der Waals surface area contributed by atoms with Crippen LogP contribution in [0.15, 0.2) is 37.1 Å². The van der Waals surface area contributed by atoms with Crippen LogP contribution in [0, 0.1) is 11.8 Å². The second kappa shape index (κ2) is 7.47. The lowest BCUT2D eigenvalue weighted by atomic mass is 9.79. The molecule has 0 unspecified atom stereocenters. The first kappa shape index (κ1) is 16.5. The third kappa shape index (κ3) is 3.28. The molecule has 1 aromatic heterocycles. The lowest BCUT2D eigenvalue weighted by Gasteiger charge is -2.30. The van der Waals surface area contributed by atoms with Crippen LogP contribution >= 0.6 is 0 Å². The second-order valence-electron chi connectivity index (χ2n) is 6.41. The molecule has 1 aliphatic rings. The van der Waals surface area contributed by atoms with Crippen LogP contribution in [0.4, 0.5) is 5.69 Å². The number of nitrogens with one attached hydrogen (secondary N) is 1. The lowest BCUT2D eigenvalue weighted by molar-refractivity contribution is 0.112. The molecule has 1 aliphatic carbocycles. The van der Waals surface area contributed by atoms with Gasteiger partial charge < -0.3 is 10.1 Å². The highest BCUT2D eigenvalue weighted by atomic mass is 16.5. The van der Waals surface area contributed by atoms with Gasteiger partial charge in [0, 0.05) is 18.1 Å². The van der Waals surface area contributed by atoms with E-state index in [1.807, 2.05) is 18.2 Å². The van der Waals surface area contributed by atoms with Crippen LogP contribution < -0.4 is 10.1 Å². The number of hydrogen-bond donors (Lipinski definition) is 1. The zero-order valence-electron chi connectivity index (χ0n) is 14.1. The van der Waals surface area contributed by atoms with Crippen molar-refractivity contribution in [1.29, 1.82) is 0 Å². The first-order valence-electron chi connectivity index (χ1n) is 8.55. The molecule has 1 fully saturated rings. The Balaban J connectivity index is 1.91. The van der Waals surface area contributed by atoms with E-state index in [1.165, 1.54) is 25.7 Å². The van der Waals surface area contributed by atoms with Crippen LogP contribution in [0.2, 0.25) is 0 Å². The molecule has 0 spiro atoms. The number of carbonyl (C=O) groups excluding carboxylic acids is 1. The Labute approximate surface area is 142 Å². The number of pyridine rings is 1. The fraction of sp³-hybridized carbons (Fsp3) is 0.400. The van der Waals surface area contributed by atoms with E-state index in [1.54, 1.807) is 13.3 Å². The molecule has 0 radical (unpaired) electrons. The Morgan fingerprint density at radius 3 is 2.96 bits per heavy atom. The van der Waals surface area contributed by atoms with E-state index in [4.69, 9.17) is 4.74 Å². The fourth-order valence-electron chi connectivity index (χ4n) is 3.63. The van der Waals surface area contributed by atoms with Crippen LogP contribution in [0.25, 0.3) is 10.9 Å². The molecule has 1 heterocycles. The Kier molecular flexibility index (Phi) is 5.14. The molecule has 0 aliphatic heterocycles.